The van der Waals surface area contributed by atoms with Crippen LogP contribution in [0.4, 0.5) is 4.39 Å². The van der Waals surface area contributed by atoms with Crippen molar-refractivity contribution in [1.82, 2.24) is 0 Å². The Labute approximate surface area is 196 Å². The highest BCUT2D eigenvalue weighted by atomic mass is 35.5. The molecule has 3 aromatic rings. The van der Waals surface area contributed by atoms with Crippen LogP contribution in [0.5, 0.6) is 5.75 Å². The normalized spacial score (nSPS) is 10.5. The predicted octanol–water partition coefficient (Wildman–Crippen LogP) is 8.01. The summed E-state index contributed by atoms with van der Waals surface area (Å²) in [5, 5.41) is 0.373. The molecule has 0 radical (unpaired) electrons. The van der Waals surface area contributed by atoms with Crippen LogP contribution in [0.3, 0.4) is 0 Å². The lowest BCUT2D eigenvalue weighted by Crippen LogP contribution is -1.98. The lowest BCUT2D eigenvalue weighted by Gasteiger charge is -2.07. The zero-order valence-electron chi connectivity index (χ0n) is 18.7. The van der Waals surface area contributed by atoms with Gasteiger partial charge >= 0.3 is 0 Å². The third-order valence-corrected chi connectivity index (χ3v) is 5.60. The molecule has 0 bridgehead atoms. The van der Waals surface area contributed by atoms with Crippen LogP contribution in [0.15, 0.2) is 66.7 Å². The Balaban J connectivity index is 1.44. The molecule has 3 heteroatoms. The van der Waals surface area contributed by atoms with Gasteiger partial charge in [0.05, 0.1) is 12.2 Å². The number of aryl methyl sites for hydroxylation is 2. The zero-order chi connectivity index (χ0) is 22.6. The van der Waals surface area contributed by atoms with Gasteiger partial charge in [-0.1, -0.05) is 80.3 Å². The van der Waals surface area contributed by atoms with Gasteiger partial charge in [0.15, 0.2) is 0 Å². The summed E-state index contributed by atoms with van der Waals surface area (Å²) in [6.07, 6.45) is 8.17. The Morgan fingerprint density at radius 3 is 2.09 bits per heavy atom. The van der Waals surface area contributed by atoms with Crippen molar-refractivity contribution in [3.05, 3.63) is 99.8 Å². The summed E-state index contributed by atoms with van der Waals surface area (Å²) < 4.78 is 19.7. The van der Waals surface area contributed by atoms with Crippen LogP contribution in [0, 0.1) is 17.7 Å². The fourth-order valence-corrected chi connectivity index (χ4v) is 3.58. The van der Waals surface area contributed by atoms with Gasteiger partial charge in [0, 0.05) is 10.6 Å². The van der Waals surface area contributed by atoms with E-state index in [2.05, 4.69) is 55.2 Å². The Morgan fingerprint density at radius 1 is 0.781 bits per heavy atom. The lowest BCUT2D eigenvalue weighted by atomic mass is 10.0. The molecule has 0 unspecified atom stereocenters. The number of hydrogen-bond acceptors (Lipinski definition) is 1. The maximum atomic E-state index is 13.8. The van der Waals surface area contributed by atoms with Crippen molar-refractivity contribution in [2.45, 2.75) is 51.9 Å². The van der Waals surface area contributed by atoms with Gasteiger partial charge in [0.1, 0.15) is 11.6 Å². The molecule has 32 heavy (non-hydrogen) atoms. The van der Waals surface area contributed by atoms with Crippen LogP contribution in [0.2, 0.25) is 5.02 Å². The van der Waals surface area contributed by atoms with E-state index < -0.39 is 5.82 Å². The molecule has 0 spiro atoms. The summed E-state index contributed by atoms with van der Waals surface area (Å²) in [7, 11) is 0. The van der Waals surface area contributed by atoms with Gasteiger partial charge in [-0.15, -0.1) is 0 Å². The maximum absolute atomic E-state index is 13.8. The van der Waals surface area contributed by atoms with E-state index in [1.54, 1.807) is 12.1 Å². The average Bonchev–Trinajstić information content (AvgIpc) is 2.81. The van der Waals surface area contributed by atoms with Gasteiger partial charge in [-0.05, 0) is 72.9 Å². The van der Waals surface area contributed by atoms with Gasteiger partial charge < -0.3 is 4.74 Å². The number of halogens is 2. The van der Waals surface area contributed by atoms with E-state index in [-0.39, 0.29) is 0 Å². The van der Waals surface area contributed by atoms with Gasteiger partial charge in [-0.2, -0.15) is 0 Å². The summed E-state index contributed by atoms with van der Waals surface area (Å²) in [6.45, 7) is 3.03. The predicted molar refractivity (Wildman–Crippen MR) is 132 cm³/mol. The van der Waals surface area contributed by atoms with Crippen LogP contribution >= 0.6 is 11.6 Å². The van der Waals surface area contributed by atoms with E-state index in [1.807, 2.05) is 12.1 Å². The molecule has 0 saturated carbocycles. The molecule has 1 nitrogen and oxygen atoms in total. The van der Waals surface area contributed by atoms with Crippen molar-refractivity contribution >= 4 is 11.6 Å². The Bertz CT molecular complexity index is 1030. The second kappa shape index (κ2) is 12.9. The molecule has 0 fully saturated rings. The SMILES string of the molecule is CCCCCCCOc1ccc(CCc2ccc(C#Cc3ccc(Cl)cc3F)cc2)cc1. The van der Waals surface area contributed by atoms with E-state index >= 15 is 0 Å². The Morgan fingerprint density at radius 2 is 1.44 bits per heavy atom. The monoisotopic (exact) mass is 448 g/mol. The van der Waals surface area contributed by atoms with Gasteiger partial charge in [0.2, 0.25) is 0 Å². The minimum absolute atomic E-state index is 0.349. The van der Waals surface area contributed by atoms with E-state index in [0.29, 0.717) is 10.6 Å². The number of hydrogen-bond donors (Lipinski definition) is 0. The minimum Gasteiger partial charge on any atom is -0.494 e. The summed E-state index contributed by atoms with van der Waals surface area (Å²) in [4.78, 5) is 0. The van der Waals surface area contributed by atoms with E-state index in [4.69, 9.17) is 16.3 Å². The molecule has 0 N–H and O–H groups in total. The number of unbranched alkanes of at least 4 members (excludes halogenated alkanes) is 4. The standard InChI is InChI=1S/C29H30ClFO/c1-2-3-4-5-6-21-32-28-19-14-25(15-20-28)12-9-23-7-10-24(11-8-23)13-16-26-17-18-27(30)22-29(26)31/h7-8,10-11,14-15,17-20,22H,2-6,9,12,21H2,1H3. The molecule has 0 atom stereocenters. The lowest BCUT2D eigenvalue weighted by molar-refractivity contribution is 0.304. The highest BCUT2D eigenvalue weighted by Gasteiger charge is 2.01. The van der Waals surface area contributed by atoms with Gasteiger partial charge in [-0.25, -0.2) is 4.39 Å². The molecule has 166 valence electrons. The van der Waals surface area contributed by atoms with Crippen LogP contribution in [-0.4, -0.2) is 6.61 Å². The minimum atomic E-state index is -0.398. The summed E-state index contributed by atoms with van der Waals surface area (Å²) in [6, 6.07) is 21.1. The first-order valence-corrected chi connectivity index (χ1v) is 11.8. The molecular weight excluding hydrogens is 419 g/mol. The van der Waals surface area contributed by atoms with Crippen LogP contribution in [-0.2, 0) is 12.8 Å². The molecule has 0 aromatic heterocycles. The van der Waals surface area contributed by atoms with Crippen LogP contribution in [0.25, 0.3) is 0 Å². The molecular formula is C29H30ClFO. The van der Waals surface area contributed by atoms with Crippen LogP contribution < -0.4 is 4.74 Å². The average molecular weight is 449 g/mol. The smallest absolute Gasteiger partial charge is 0.140 e. The quantitative estimate of drug-likeness (QED) is 0.225. The highest BCUT2D eigenvalue weighted by Crippen LogP contribution is 2.16. The second-order valence-corrected chi connectivity index (χ2v) is 8.41. The number of rotatable bonds is 10. The molecule has 0 aliphatic heterocycles. The zero-order valence-corrected chi connectivity index (χ0v) is 19.4. The van der Waals surface area contributed by atoms with Crippen molar-refractivity contribution < 1.29 is 9.13 Å². The van der Waals surface area contributed by atoms with E-state index in [0.717, 1.165) is 37.2 Å². The van der Waals surface area contributed by atoms with Crippen molar-refractivity contribution in [2.24, 2.45) is 0 Å². The fourth-order valence-electron chi connectivity index (χ4n) is 3.42. The summed E-state index contributed by atoms with van der Waals surface area (Å²) in [5.74, 6) is 6.43. The van der Waals surface area contributed by atoms with Gasteiger partial charge in [0.25, 0.3) is 0 Å². The van der Waals surface area contributed by atoms with E-state index in [9.17, 15) is 4.39 Å². The molecule has 0 aliphatic carbocycles. The molecule has 0 aliphatic rings. The molecule has 0 amide bonds. The molecule has 3 aromatic carbocycles. The first kappa shape index (κ1) is 23.9. The Kier molecular flexibility index (Phi) is 9.66. The molecule has 0 heterocycles. The Hall–Kier alpha value is -2.76. The third kappa shape index (κ3) is 8.06. The largest absolute Gasteiger partial charge is 0.494 e. The van der Waals surface area contributed by atoms with Crippen molar-refractivity contribution in [3.63, 3.8) is 0 Å². The topological polar surface area (TPSA) is 9.23 Å². The fraction of sp³-hybridized carbons (Fsp3) is 0.310. The maximum Gasteiger partial charge on any atom is 0.140 e. The number of benzene rings is 3. The first-order chi connectivity index (χ1) is 15.6. The van der Waals surface area contributed by atoms with Crippen molar-refractivity contribution in [3.8, 4) is 17.6 Å². The van der Waals surface area contributed by atoms with E-state index in [1.165, 1.54) is 42.9 Å². The van der Waals surface area contributed by atoms with Crippen LogP contribution in [0.1, 0.15) is 61.3 Å². The van der Waals surface area contributed by atoms with Gasteiger partial charge in [-0.3, -0.25) is 0 Å². The summed E-state index contributed by atoms with van der Waals surface area (Å²) >= 11 is 5.78. The second-order valence-electron chi connectivity index (χ2n) is 7.98. The number of ether oxygens (including phenoxy) is 1. The first-order valence-electron chi connectivity index (χ1n) is 11.4. The summed E-state index contributed by atoms with van der Waals surface area (Å²) in [5.41, 5.74) is 3.75. The molecule has 0 saturated heterocycles. The van der Waals surface area contributed by atoms with Crippen molar-refractivity contribution in [1.29, 1.82) is 0 Å². The van der Waals surface area contributed by atoms with Crippen molar-refractivity contribution in [2.75, 3.05) is 6.61 Å². The highest BCUT2D eigenvalue weighted by molar-refractivity contribution is 6.30. The molecule has 3 rings (SSSR count). The third-order valence-electron chi connectivity index (χ3n) is 5.37.